The molecule has 1 amide bonds. The lowest BCUT2D eigenvalue weighted by atomic mass is 9.96. The van der Waals surface area contributed by atoms with Gasteiger partial charge in [0, 0.05) is 37.4 Å². The maximum absolute atomic E-state index is 12.7. The third kappa shape index (κ3) is 6.98. The third-order valence-electron chi connectivity index (χ3n) is 4.94. The Hall–Kier alpha value is -0.970. The summed E-state index contributed by atoms with van der Waals surface area (Å²) < 4.78 is 0. The van der Waals surface area contributed by atoms with Crippen molar-refractivity contribution in [1.29, 1.82) is 0 Å². The number of anilines is 1. The molecule has 1 aliphatic rings. The number of carbonyl (C=O) groups is 1. The van der Waals surface area contributed by atoms with Crippen LogP contribution in [0, 0.1) is 5.92 Å². The summed E-state index contributed by atoms with van der Waals surface area (Å²) in [6, 6.07) is 8.15. The van der Waals surface area contributed by atoms with Gasteiger partial charge < -0.3 is 15.1 Å². The van der Waals surface area contributed by atoms with E-state index >= 15 is 0 Å². The van der Waals surface area contributed by atoms with Crippen LogP contribution >= 0.6 is 24.8 Å². The fraction of sp³-hybridized carbons (Fsp3) is 0.650. The SMILES string of the molecule is CCCN(CC)c1ccc(C(=O)N2CCC(CNCC)CC2)cc1.Cl.Cl. The standard InChI is InChI=1S/C20H33N3O.2ClH/c1-4-13-22(6-3)19-9-7-18(8-10-19)20(24)23-14-11-17(12-15-23)16-21-5-2;;/h7-10,17,21H,4-6,11-16H2,1-3H3;2*1H. The lowest BCUT2D eigenvalue weighted by Gasteiger charge is -2.32. The van der Waals surface area contributed by atoms with Gasteiger partial charge in [-0.25, -0.2) is 0 Å². The summed E-state index contributed by atoms with van der Waals surface area (Å²) in [5.74, 6) is 0.894. The van der Waals surface area contributed by atoms with Crippen molar-refractivity contribution in [1.82, 2.24) is 10.2 Å². The molecule has 1 N–H and O–H groups in total. The maximum atomic E-state index is 12.7. The second kappa shape index (κ2) is 13.2. The molecule has 4 nitrogen and oxygen atoms in total. The monoisotopic (exact) mass is 403 g/mol. The van der Waals surface area contributed by atoms with Crippen LogP contribution in [-0.4, -0.2) is 50.1 Å². The van der Waals surface area contributed by atoms with E-state index in [4.69, 9.17) is 0 Å². The number of nitrogens with one attached hydrogen (secondary N) is 1. The second-order valence-electron chi connectivity index (χ2n) is 6.67. The van der Waals surface area contributed by atoms with Gasteiger partial charge in [0.2, 0.25) is 0 Å². The first-order valence-electron chi connectivity index (χ1n) is 9.54. The number of hydrogen-bond donors (Lipinski definition) is 1. The molecule has 0 aliphatic carbocycles. The minimum absolute atomic E-state index is 0. The third-order valence-corrected chi connectivity index (χ3v) is 4.94. The van der Waals surface area contributed by atoms with E-state index < -0.39 is 0 Å². The van der Waals surface area contributed by atoms with Gasteiger partial charge in [-0.05, 0) is 69.5 Å². The number of hydrogen-bond acceptors (Lipinski definition) is 3. The van der Waals surface area contributed by atoms with E-state index in [1.54, 1.807) is 0 Å². The highest BCUT2D eigenvalue weighted by Crippen LogP contribution is 2.20. The summed E-state index contributed by atoms with van der Waals surface area (Å²) in [6.07, 6.45) is 3.35. The van der Waals surface area contributed by atoms with E-state index in [1.807, 2.05) is 17.0 Å². The summed E-state index contributed by atoms with van der Waals surface area (Å²) in [7, 11) is 0. The highest BCUT2D eigenvalue weighted by Gasteiger charge is 2.23. The van der Waals surface area contributed by atoms with Crippen molar-refractivity contribution >= 4 is 36.4 Å². The average molecular weight is 404 g/mol. The lowest BCUT2D eigenvalue weighted by molar-refractivity contribution is 0.0690. The molecule has 0 bridgehead atoms. The molecule has 1 aliphatic heterocycles. The van der Waals surface area contributed by atoms with Crippen LogP contribution < -0.4 is 10.2 Å². The summed E-state index contributed by atoms with van der Waals surface area (Å²) in [5, 5.41) is 3.42. The van der Waals surface area contributed by atoms with E-state index in [0.29, 0.717) is 5.92 Å². The van der Waals surface area contributed by atoms with Crippen LogP contribution in [0.2, 0.25) is 0 Å². The van der Waals surface area contributed by atoms with Crippen molar-refractivity contribution < 1.29 is 4.79 Å². The first-order chi connectivity index (χ1) is 11.7. The van der Waals surface area contributed by atoms with E-state index in [0.717, 1.165) is 64.1 Å². The van der Waals surface area contributed by atoms with Gasteiger partial charge in [-0.1, -0.05) is 13.8 Å². The quantitative estimate of drug-likeness (QED) is 0.705. The minimum Gasteiger partial charge on any atom is -0.372 e. The molecule has 0 saturated carbocycles. The summed E-state index contributed by atoms with van der Waals surface area (Å²) in [4.78, 5) is 17.1. The zero-order valence-electron chi connectivity index (χ0n) is 16.4. The Morgan fingerprint density at radius 1 is 1.12 bits per heavy atom. The van der Waals surface area contributed by atoms with Gasteiger partial charge in [0.25, 0.3) is 5.91 Å². The van der Waals surface area contributed by atoms with Crippen molar-refractivity contribution in [2.75, 3.05) is 44.2 Å². The van der Waals surface area contributed by atoms with Crippen LogP contribution in [0.4, 0.5) is 5.69 Å². The molecule has 0 aromatic heterocycles. The zero-order chi connectivity index (χ0) is 17.4. The number of carbonyl (C=O) groups excluding carboxylic acids is 1. The molecule has 1 aromatic rings. The van der Waals surface area contributed by atoms with Gasteiger partial charge in [0.1, 0.15) is 0 Å². The molecule has 1 saturated heterocycles. The largest absolute Gasteiger partial charge is 0.372 e. The second-order valence-corrected chi connectivity index (χ2v) is 6.67. The number of benzene rings is 1. The van der Waals surface area contributed by atoms with E-state index in [9.17, 15) is 4.79 Å². The van der Waals surface area contributed by atoms with Gasteiger partial charge in [0.15, 0.2) is 0 Å². The molecule has 150 valence electrons. The van der Waals surface area contributed by atoms with Gasteiger partial charge in [-0.3, -0.25) is 4.79 Å². The molecular formula is C20H35Cl2N3O. The highest BCUT2D eigenvalue weighted by molar-refractivity contribution is 5.94. The van der Waals surface area contributed by atoms with Crippen molar-refractivity contribution in [3.63, 3.8) is 0 Å². The van der Waals surface area contributed by atoms with Crippen LogP contribution in [0.3, 0.4) is 0 Å². The molecule has 0 spiro atoms. The topological polar surface area (TPSA) is 35.6 Å². The first kappa shape index (κ1) is 25.0. The van der Waals surface area contributed by atoms with E-state index in [2.05, 4.69) is 43.1 Å². The highest BCUT2D eigenvalue weighted by atomic mass is 35.5. The van der Waals surface area contributed by atoms with Gasteiger partial charge >= 0.3 is 0 Å². The number of halogens is 2. The molecule has 2 rings (SSSR count). The molecule has 0 atom stereocenters. The predicted octanol–water partition coefficient (Wildman–Crippen LogP) is 4.23. The Balaban J connectivity index is 0.00000312. The normalized spacial score (nSPS) is 14.3. The molecule has 1 aromatic carbocycles. The van der Waals surface area contributed by atoms with Gasteiger partial charge in [0.05, 0.1) is 0 Å². The molecule has 1 fully saturated rings. The van der Waals surface area contributed by atoms with Crippen molar-refractivity contribution in [3.8, 4) is 0 Å². The van der Waals surface area contributed by atoms with Crippen LogP contribution in [0.1, 0.15) is 50.4 Å². The fourth-order valence-corrected chi connectivity index (χ4v) is 3.43. The number of rotatable bonds is 8. The van der Waals surface area contributed by atoms with Crippen molar-refractivity contribution in [2.24, 2.45) is 5.92 Å². The van der Waals surface area contributed by atoms with Gasteiger partial charge in [-0.15, -0.1) is 24.8 Å². The van der Waals surface area contributed by atoms with Crippen molar-refractivity contribution in [3.05, 3.63) is 29.8 Å². The summed E-state index contributed by atoms with van der Waals surface area (Å²) in [6.45, 7) is 12.4. The minimum atomic E-state index is 0. The van der Waals surface area contributed by atoms with E-state index in [-0.39, 0.29) is 30.7 Å². The van der Waals surface area contributed by atoms with Crippen molar-refractivity contribution in [2.45, 2.75) is 40.0 Å². The number of piperidine rings is 1. The Labute approximate surface area is 171 Å². The molecule has 26 heavy (non-hydrogen) atoms. The number of likely N-dealkylation sites (tertiary alicyclic amines) is 1. The fourth-order valence-electron chi connectivity index (χ4n) is 3.43. The lowest BCUT2D eigenvalue weighted by Crippen LogP contribution is -2.40. The maximum Gasteiger partial charge on any atom is 0.253 e. The van der Waals surface area contributed by atoms with Crippen LogP contribution in [0.25, 0.3) is 0 Å². The van der Waals surface area contributed by atoms with Crippen LogP contribution in [0.5, 0.6) is 0 Å². The van der Waals surface area contributed by atoms with Crippen LogP contribution in [0.15, 0.2) is 24.3 Å². The number of amides is 1. The molecule has 0 radical (unpaired) electrons. The Morgan fingerprint density at radius 3 is 2.23 bits per heavy atom. The smallest absolute Gasteiger partial charge is 0.253 e. The Kier molecular flexibility index (Phi) is 12.7. The van der Waals surface area contributed by atoms with Gasteiger partial charge in [-0.2, -0.15) is 0 Å². The zero-order valence-corrected chi connectivity index (χ0v) is 18.0. The summed E-state index contributed by atoms with van der Waals surface area (Å²) in [5.41, 5.74) is 2.02. The molecular weight excluding hydrogens is 369 g/mol. The Morgan fingerprint density at radius 2 is 1.73 bits per heavy atom. The average Bonchev–Trinajstić information content (AvgIpc) is 2.64. The first-order valence-corrected chi connectivity index (χ1v) is 9.54. The Bertz CT molecular complexity index is 502. The van der Waals surface area contributed by atoms with E-state index in [1.165, 1.54) is 5.69 Å². The molecule has 6 heteroatoms. The predicted molar refractivity (Wildman–Crippen MR) is 116 cm³/mol. The molecule has 0 unspecified atom stereocenters. The summed E-state index contributed by atoms with van der Waals surface area (Å²) >= 11 is 0. The number of nitrogens with zero attached hydrogens (tertiary/aromatic N) is 2. The van der Waals surface area contributed by atoms with Crippen LogP contribution in [-0.2, 0) is 0 Å². The molecule has 1 heterocycles.